The lowest BCUT2D eigenvalue weighted by Gasteiger charge is -2.06. The standard InChI is InChI=1S/C15H12N2O3S/c1-10-9-21-14(17-10)12(7-16)13(18)8-20-15(19)11-5-3-2-4-6-11/h2-6,9,12H,8H2,1H3/t12-/m0/s1. The Kier molecular flexibility index (Phi) is 4.80. The van der Waals surface area contributed by atoms with Crippen molar-refractivity contribution in [3.63, 3.8) is 0 Å². The highest BCUT2D eigenvalue weighted by molar-refractivity contribution is 7.09. The van der Waals surface area contributed by atoms with E-state index in [1.165, 1.54) is 11.3 Å². The summed E-state index contributed by atoms with van der Waals surface area (Å²) in [5.74, 6) is -2.06. The summed E-state index contributed by atoms with van der Waals surface area (Å²) < 4.78 is 4.94. The van der Waals surface area contributed by atoms with Crippen molar-refractivity contribution in [2.75, 3.05) is 6.61 Å². The van der Waals surface area contributed by atoms with Crippen molar-refractivity contribution in [2.24, 2.45) is 0 Å². The lowest BCUT2D eigenvalue weighted by atomic mass is 10.1. The van der Waals surface area contributed by atoms with Crippen LogP contribution >= 0.6 is 11.3 Å². The molecule has 5 nitrogen and oxygen atoms in total. The average molecular weight is 300 g/mol. The van der Waals surface area contributed by atoms with Gasteiger partial charge in [0.1, 0.15) is 5.01 Å². The zero-order chi connectivity index (χ0) is 15.2. The Morgan fingerprint density at radius 3 is 2.67 bits per heavy atom. The molecule has 106 valence electrons. The fraction of sp³-hybridized carbons (Fsp3) is 0.200. The number of hydrogen-bond acceptors (Lipinski definition) is 6. The van der Waals surface area contributed by atoms with E-state index in [0.29, 0.717) is 10.6 Å². The number of Topliss-reactive ketones (excluding diaryl/α,β-unsaturated/α-hetero) is 1. The molecule has 0 fully saturated rings. The van der Waals surface area contributed by atoms with Gasteiger partial charge in [0.15, 0.2) is 18.3 Å². The van der Waals surface area contributed by atoms with Crippen LogP contribution in [0.25, 0.3) is 0 Å². The number of ketones is 1. The zero-order valence-corrected chi connectivity index (χ0v) is 12.1. The molecular formula is C15H12N2O3S. The number of aromatic nitrogens is 1. The molecule has 0 aliphatic carbocycles. The second-order valence-corrected chi connectivity index (χ2v) is 5.19. The first-order chi connectivity index (χ1) is 10.1. The van der Waals surface area contributed by atoms with Gasteiger partial charge >= 0.3 is 5.97 Å². The summed E-state index contributed by atoms with van der Waals surface area (Å²) in [7, 11) is 0. The minimum Gasteiger partial charge on any atom is -0.454 e. The van der Waals surface area contributed by atoms with E-state index >= 15 is 0 Å². The number of thiazole rings is 1. The maximum absolute atomic E-state index is 12.0. The highest BCUT2D eigenvalue weighted by Crippen LogP contribution is 2.20. The van der Waals surface area contributed by atoms with E-state index in [9.17, 15) is 9.59 Å². The Balaban J connectivity index is 1.98. The van der Waals surface area contributed by atoms with Crippen LogP contribution in [-0.4, -0.2) is 23.3 Å². The Hall–Kier alpha value is -2.52. The number of esters is 1. The van der Waals surface area contributed by atoms with E-state index in [1.807, 2.05) is 6.07 Å². The van der Waals surface area contributed by atoms with Crippen molar-refractivity contribution in [3.05, 3.63) is 52.0 Å². The number of hydrogen-bond donors (Lipinski definition) is 0. The molecule has 0 saturated carbocycles. The van der Waals surface area contributed by atoms with Crippen molar-refractivity contribution in [2.45, 2.75) is 12.8 Å². The fourth-order valence-corrected chi connectivity index (χ4v) is 2.51. The summed E-state index contributed by atoms with van der Waals surface area (Å²) in [6.07, 6.45) is 0. The Morgan fingerprint density at radius 2 is 2.10 bits per heavy atom. The molecule has 6 heteroatoms. The highest BCUT2D eigenvalue weighted by atomic mass is 32.1. The van der Waals surface area contributed by atoms with Gasteiger partial charge in [-0.25, -0.2) is 9.78 Å². The van der Waals surface area contributed by atoms with Crippen LogP contribution in [0.1, 0.15) is 27.0 Å². The van der Waals surface area contributed by atoms with Crippen LogP contribution in [0, 0.1) is 18.3 Å². The van der Waals surface area contributed by atoms with Crippen LogP contribution in [0.4, 0.5) is 0 Å². The smallest absolute Gasteiger partial charge is 0.338 e. The first-order valence-electron chi connectivity index (χ1n) is 6.18. The average Bonchev–Trinajstić information content (AvgIpc) is 2.92. The fourth-order valence-electron chi connectivity index (χ4n) is 1.65. The summed E-state index contributed by atoms with van der Waals surface area (Å²) in [4.78, 5) is 27.8. The number of rotatable bonds is 5. The first kappa shape index (κ1) is 14.9. The normalized spacial score (nSPS) is 11.4. The van der Waals surface area contributed by atoms with Crippen LogP contribution in [0.5, 0.6) is 0 Å². The SMILES string of the molecule is Cc1csc([C@@H](C#N)C(=O)COC(=O)c2ccccc2)n1. The number of carbonyl (C=O) groups excluding carboxylic acids is 2. The first-order valence-corrected chi connectivity index (χ1v) is 7.06. The molecule has 1 aromatic carbocycles. The second-order valence-electron chi connectivity index (χ2n) is 4.30. The third-order valence-corrected chi connectivity index (χ3v) is 3.72. The molecule has 0 radical (unpaired) electrons. The minimum atomic E-state index is -0.993. The van der Waals surface area contributed by atoms with Crippen LogP contribution in [-0.2, 0) is 9.53 Å². The van der Waals surface area contributed by atoms with Gasteiger partial charge in [-0.1, -0.05) is 18.2 Å². The molecule has 0 saturated heterocycles. The maximum Gasteiger partial charge on any atom is 0.338 e. The topological polar surface area (TPSA) is 80.0 Å². The molecule has 1 aromatic heterocycles. The molecule has 0 N–H and O–H groups in total. The summed E-state index contributed by atoms with van der Waals surface area (Å²) >= 11 is 1.25. The number of aryl methyl sites for hydroxylation is 1. The van der Waals surface area contributed by atoms with E-state index in [1.54, 1.807) is 42.6 Å². The summed E-state index contributed by atoms with van der Waals surface area (Å²) in [6.45, 7) is 1.35. The molecular weight excluding hydrogens is 288 g/mol. The van der Waals surface area contributed by atoms with Crippen molar-refractivity contribution >= 4 is 23.1 Å². The molecule has 0 bridgehead atoms. The molecule has 0 aliphatic rings. The predicted molar refractivity (Wildman–Crippen MR) is 76.9 cm³/mol. The van der Waals surface area contributed by atoms with Crippen LogP contribution in [0.3, 0.4) is 0 Å². The van der Waals surface area contributed by atoms with Gasteiger partial charge in [0.05, 0.1) is 11.6 Å². The van der Waals surface area contributed by atoms with Gasteiger partial charge in [-0.2, -0.15) is 5.26 Å². The molecule has 2 rings (SSSR count). The van der Waals surface area contributed by atoms with Crippen molar-refractivity contribution in [1.82, 2.24) is 4.98 Å². The molecule has 1 heterocycles. The highest BCUT2D eigenvalue weighted by Gasteiger charge is 2.24. The van der Waals surface area contributed by atoms with Crippen molar-refractivity contribution in [3.8, 4) is 6.07 Å². The van der Waals surface area contributed by atoms with Gasteiger partial charge in [0, 0.05) is 11.1 Å². The maximum atomic E-state index is 12.0. The third kappa shape index (κ3) is 3.74. The van der Waals surface area contributed by atoms with E-state index in [4.69, 9.17) is 10.00 Å². The third-order valence-electron chi connectivity index (χ3n) is 2.69. The number of ether oxygens (including phenoxy) is 1. The Labute approximate surface area is 125 Å². The monoisotopic (exact) mass is 300 g/mol. The van der Waals surface area contributed by atoms with Crippen LogP contribution in [0.2, 0.25) is 0 Å². The van der Waals surface area contributed by atoms with Gasteiger partial charge in [-0.15, -0.1) is 11.3 Å². The Bertz CT molecular complexity index is 688. The van der Waals surface area contributed by atoms with Crippen molar-refractivity contribution < 1.29 is 14.3 Å². The van der Waals surface area contributed by atoms with Gasteiger partial charge < -0.3 is 4.74 Å². The number of benzene rings is 1. The largest absolute Gasteiger partial charge is 0.454 e. The zero-order valence-electron chi connectivity index (χ0n) is 11.3. The molecule has 0 amide bonds. The second kappa shape index (κ2) is 6.77. The number of carbonyl (C=O) groups is 2. The number of nitrogens with zero attached hydrogens (tertiary/aromatic N) is 2. The van der Waals surface area contributed by atoms with Gasteiger partial charge in [-0.3, -0.25) is 4.79 Å². The molecule has 21 heavy (non-hydrogen) atoms. The minimum absolute atomic E-state index is 0.365. The summed E-state index contributed by atoms with van der Waals surface area (Å²) in [5.41, 5.74) is 1.12. The van der Waals surface area contributed by atoms with Gasteiger partial charge in [-0.05, 0) is 19.1 Å². The van der Waals surface area contributed by atoms with Crippen LogP contribution in [0.15, 0.2) is 35.7 Å². The molecule has 1 atom stereocenters. The van der Waals surface area contributed by atoms with Gasteiger partial charge in [0.25, 0.3) is 0 Å². The van der Waals surface area contributed by atoms with Crippen LogP contribution < -0.4 is 0 Å². The van der Waals surface area contributed by atoms with E-state index in [0.717, 1.165) is 5.69 Å². The lowest BCUT2D eigenvalue weighted by Crippen LogP contribution is -2.19. The number of nitriles is 1. The lowest BCUT2D eigenvalue weighted by molar-refractivity contribution is -0.122. The molecule has 0 spiro atoms. The van der Waals surface area contributed by atoms with E-state index in [-0.39, 0.29) is 0 Å². The molecule has 2 aromatic rings. The van der Waals surface area contributed by atoms with Crippen molar-refractivity contribution in [1.29, 1.82) is 5.26 Å². The molecule has 0 unspecified atom stereocenters. The summed E-state index contributed by atoms with van der Waals surface area (Å²) in [6, 6.07) is 10.3. The predicted octanol–water partition coefficient (Wildman–Crippen LogP) is 2.48. The quantitative estimate of drug-likeness (QED) is 0.792. The van der Waals surface area contributed by atoms with E-state index < -0.39 is 24.3 Å². The van der Waals surface area contributed by atoms with Gasteiger partial charge in [0.2, 0.25) is 0 Å². The molecule has 0 aliphatic heterocycles. The van der Waals surface area contributed by atoms with E-state index in [2.05, 4.69) is 4.98 Å². The Morgan fingerprint density at radius 1 is 1.38 bits per heavy atom. The summed E-state index contributed by atoms with van der Waals surface area (Å²) in [5, 5.41) is 11.3.